The first-order valence-electron chi connectivity index (χ1n) is 6.08. The second kappa shape index (κ2) is 5.99. The number of hydrogen-bond acceptors (Lipinski definition) is 4. The smallest absolute Gasteiger partial charge is 0.253 e. The second-order valence-electron chi connectivity index (χ2n) is 4.77. The summed E-state index contributed by atoms with van der Waals surface area (Å²) >= 11 is 4.63. The Kier molecular flexibility index (Phi) is 4.96. The standard InChI is InChI=1S/C11H15BrN2O2S2.ClH/c12-10-3-4-11(17-10)18(15,16)14-8-1-2-9(14)7-13-6-5-8;/h3-4,8-9,13H,1-2,5-7H2;1H. The first-order valence-corrected chi connectivity index (χ1v) is 9.13. The molecule has 19 heavy (non-hydrogen) atoms. The first kappa shape index (κ1) is 15.7. The van der Waals surface area contributed by atoms with Crippen molar-refractivity contribution in [1.29, 1.82) is 0 Å². The molecule has 2 aliphatic heterocycles. The maximum absolute atomic E-state index is 12.7. The Labute approximate surface area is 132 Å². The predicted molar refractivity (Wildman–Crippen MR) is 82.6 cm³/mol. The SMILES string of the molecule is Cl.O=S(=O)(c1ccc(Br)s1)N1C2CCNCC1CC2. The Morgan fingerprint density at radius 2 is 2.00 bits per heavy atom. The summed E-state index contributed by atoms with van der Waals surface area (Å²) in [7, 11) is -3.32. The van der Waals surface area contributed by atoms with Crippen LogP contribution in [-0.4, -0.2) is 37.9 Å². The number of sulfonamides is 1. The summed E-state index contributed by atoms with van der Waals surface area (Å²) in [4.78, 5) is 0. The number of thiophene rings is 1. The topological polar surface area (TPSA) is 49.4 Å². The van der Waals surface area contributed by atoms with Gasteiger partial charge in [-0.2, -0.15) is 4.31 Å². The van der Waals surface area contributed by atoms with Crippen LogP contribution in [0.4, 0.5) is 0 Å². The molecule has 2 saturated heterocycles. The maximum Gasteiger partial charge on any atom is 0.253 e. The monoisotopic (exact) mass is 386 g/mol. The van der Waals surface area contributed by atoms with Crippen molar-refractivity contribution >= 4 is 49.7 Å². The van der Waals surface area contributed by atoms with E-state index in [0.717, 1.165) is 36.1 Å². The van der Waals surface area contributed by atoms with Gasteiger partial charge in [-0.1, -0.05) is 0 Å². The van der Waals surface area contributed by atoms with E-state index in [1.54, 1.807) is 16.4 Å². The molecule has 108 valence electrons. The number of halogens is 2. The van der Waals surface area contributed by atoms with Crippen LogP contribution in [0.1, 0.15) is 19.3 Å². The summed E-state index contributed by atoms with van der Waals surface area (Å²) in [5.41, 5.74) is 0. The lowest BCUT2D eigenvalue weighted by Gasteiger charge is -2.26. The molecule has 0 saturated carbocycles. The lowest BCUT2D eigenvalue weighted by molar-refractivity contribution is 0.335. The normalized spacial score (nSPS) is 27.8. The fourth-order valence-electron chi connectivity index (χ4n) is 2.87. The molecule has 2 aliphatic rings. The maximum atomic E-state index is 12.7. The fraction of sp³-hybridized carbons (Fsp3) is 0.636. The molecule has 0 aromatic carbocycles. The molecule has 0 aliphatic carbocycles. The third-order valence-corrected chi connectivity index (χ3v) is 7.76. The van der Waals surface area contributed by atoms with E-state index >= 15 is 0 Å². The molecule has 1 N–H and O–H groups in total. The third kappa shape index (κ3) is 2.87. The minimum absolute atomic E-state index is 0. The first-order chi connectivity index (χ1) is 8.59. The summed E-state index contributed by atoms with van der Waals surface area (Å²) in [5, 5.41) is 3.33. The van der Waals surface area contributed by atoms with E-state index in [0.29, 0.717) is 4.21 Å². The van der Waals surface area contributed by atoms with Gasteiger partial charge in [0.15, 0.2) is 0 Å². The van der Waals surface area contributed by atoms with Crippen LogP contribution in [0, 0.1) is 0 Å². The van der Waals surface area contributed by atoms with E-state index in [9.17, 15) is 8.42 Å². The van der Waals surface area contributed by atoms with Gasteiger partial charge in [0.25, 0.3) is 10.0 Å². The average molecular weight is 388 g/mol. The summed E-state index contributed by atoms with van der Waals surface area (Å²) < 4.78 is 28.5. The number of hydrogen-bond donors (Lipinski definition) is 1. The highest BCUT2D eigenvalue weighted by Gasteiger charge is 2.43. The van der Waals surface area contributed by atoms with Crippen molar-refractivity contribution in [2.75, 3.05) is 13.1 Å². The lowest BCUT2D eigenvalue weighted by Crippen LogP contribution is -2.42. The van der Waals surface area contributed by atoms with E-state index < -0.39 is 10.0 Å². The zero-order valence-corrected chi connectivity index (χ0v) is 14.2. The molecular formula is C11H16BrClN2O2S2. The van der Waals surface area contributed by atoms with Crippen LogP contribution >= 0.6 is 39.7 Å². The van der Waals surface area contributed by atoms with Crippen molar-refractivity contribution in [3.63, 3.8) is 0 Å². The van der Waals surface area contributed by atoms with E-state index in [1.165, 1.54) is 11.3 Å². The van der Waals surface area contributed by atoms with Crippen molar-refractivity contribution in [1.82, 2.24) is 9.62 Å². The zero-order chi connectivity index (χ0) is 12.8. The van der Waals surface area contributed by atoms with Crippen LogP contribution in [0.2, 0.25) is 0 Å². The van der Waals surface area contributed by atoms with Crippen LogP contribution in [0.15, 0.2) is 20.1 Å². The van der Waals surface area contributed by atoms with Gasteiger partial charge in [0.1, 0.15) is 4.21 Å². The van der Waals surface area contributed by atoms with Crippen molar-refractivity contribution in [2.45, 2.75) is 35.6 Å². The Morgan fingerprint density at radius 3 is 2.68 bits per heavy atom. The fourth-order valence-corrected chi connectivity index (χ4v) is 6.88. The van der Waals surface area contributed by atoms with Crippen molar-refractivity contribution in [2.24, 2.45) is 0 Å². The van der Waals surface area contributed by atoms with Gasteiger partial charge < -0.3 is 5.32 Å². The van der Waals surface area contributed by atoms with E-state index in [-0.39, 0.29) is 24.5 Å². The van der Waals surface area contributed by atoms with Crippen LogP contribution in [0.3, 0.4) is 0 Å². The summed E-state index contributed by atoms with van der Waals surface area (Å²) in [6.07, 6.45) is 2.89. The highest BCUT2D eigenvalue weighted by atomic mass is 79.9. The lowest BCUT2D eigenvalue weighted by atomic mass is 10.1. The van der Waals surface area contributed by atoms with Crippen LogP contribution in [0.5, 0.6) is 0 Å². The molecule has 2 unspecified atom stereocenters. The molecular weight excluding hydrogens is 372 g/mol. The van der Waals surface area contributed by atoms with Gasteiger partial charge in [0.2, 0.25) is 0 Å². The Hall–Kier alpha value is 0.340. The molecule has 2 bridgehead atoms. The molecule has 0 spiro atoms. The number of rotatable bonds is 2. The highest BCUT2D eigenvalue weighted by Crippen LogP contribution is 2.36. The van der Waals surface area contributed by atoms with Gasteiger partial charge in [-0.15, -0.1) is 23.7 Å². The Balaban J connectivity index is 0.00000133. The van der Waals surface area contributed by atoms with Crippen LogP contribution < -0.4 is 5.32 Å². The van der Waals surface area contributed by atoms with Crippen molar-refractivity contribution < 1.29 is 8.42 Å². The number of nitrogens with one attached hydrogen (secondary N) is 1. The molecule has 0 amide bonds. The summed E-state index contributed by atoms with van der Waals surface area (Å²) in [6, 6.07) is 3.80. The molecule has 4 nitrogen and oxygen atoms in total. The predicted octanol–water partition coefficient (Wildman–Crippen LogP) is 2.45. The third-order valence-electron chi connectivity index (χ3n) is 3.67. The Morgan fingerprint density at radius 1 is 1.26 bits per heavy atom. The molecule has 0 radical (unpaired) electrons. The van der Waals surface area contributed by atoms with E-state index in [1.807, 2.05) is 0 Å². The van der Waals surface area contributed by atoms with Gasteiger partial charge >= 0.3 is 0 Å². The van der Waals surface area contributed by atoms with Crippen molar-refractivity contribution in [3.8, 4) is 0 Å². The quantitative estimate of drug-likeness (QED) is 0.848. The van der Waals surface area contributed by atoms with Crippen LogP contribution in [-0.2, 0) is 10.0 Å². The molecule has 1 aromatic rings. The minimum atomic E-state index is -3.32. The minimum Gasteiger partial charge on any atom is -0.315 e. The van der Waals surface area contributed by atoms with Crippen LogP contribution in [0.25, 0.3) is 0 Å². The molecule has 3 rings (SSSR count). The van der Waals surface area contributed by atoms with E-state index in [4.69, 9.17) is 0 Å². The molecule has 1 aromatic heterocycles. The molecule has 3 heterocycles. The zero-order valence-electron chi connectivity index (χ0n) is 10.2. The Bertz CT molecular complexity index is 535. The van der Waals surface area contributed by atoms with E-state index in [2.05, 4.69) is 21.2 Å². The van der Waals surface area contributed by atoms with Gasteiger partial charge in [0, 0.05) is 18.6 Å². The molecule has 2 fully saturated rings. The summed E-state index contributed by atoms with van der Waals surface area (Å²) in [5.74, 6) is 0. The largest absolute Gasteiger partial charge is 0.315 e. The summed E-state index contributed by atoms with van der Waals surface area (Å²) in [6.45, 7) is 1.70. The van der Waals surface area contributed by atoms with Gasteiger partial charge in [-0.25, -0.2) is 8.42 Å². The number of nitrogens with zero attached hydrogens (tertiary/aromatic N) is 1. The molecule has 8 heteroatoms. The molecule has 2 atom stereocenters. The van der Waals surface area contributed by atoms with Gasteiger partial charge in [0.05, 0.1) is 3.79 Å². The van der Waals surface area contributed by atoms with Gasteiger partial charge in [-0.3, -0.25) is 0 Å². The average Bonchev–Trinajstić information content (AvgIpc) is 2.82. The van der Waals surface area contributed by atoms with Crippen molar-refractivity contribution in [3.05, 3.63) is 15.9 Å². The second-order valence-corrected chi connectivity index (χ2v) is 9.30. The highest BCUT2D eigenvalue weighted by molar-refractivity contribution is 9.11. The number of fused-ring (bicyclic) bond motifs is 2. The van der Waals surface area contributed by atoms with Gasteiger partial charge in [-0.05, 0) is 53.9 Å².